The zero-order chi connectivity index (χ0) is 9.56. The molecular formula is C7H10O5. The number of ketones is 1. The molecule has 0 saturated carbocycles. The molecule has 5 nitrogen and oxygen atoms in total. The Morgan fingerprint density at radius 3 is 2.58 bits per heavy atom. The molecule has 0 aliphatic rings. The standard InChI is InChI=1S/C7H10O5/c1-2-7(11)12-4-6(10)5(9)3-8/h2,6,8,10H,1,3-4H2. The molecule has 1 atom stereocenters. The lowest BCUT2D eigenvalue weighted by atomic mass is 10.2. The summed E-state index contributed by atoms with van der Waals surface area (Å²) in [4.78, 5) is 20.9. The molecule has 68 valence electrons. The van der Waals surface area contributed by atoms with Crippen LogP contribution in [0.1, 0.15) is 0 Å². The average molecular weight is 174 g/mol. The second-order valence-corrected chi connectivity index (χ2v) is 1.97. The van der Waals surface area contributed by atoms with Crippen molar-refractivity contribution in [2.75, 3.05) is 13.2 Å². The molecule has 0 aromatic heterocycles. The highest BCUT2D eigenvalue weighted by Crippen LogP contribution is 1.88. The normalized spacial score (nSPS) is 11.8. The Morgan fingerprint density at radius 2 is 2.17 bits per heavy atom. The molecular weight excluding hydrogens is 164 g/mol. The fourth-order valence-electron chi connectivity index (χ4n) is 0.418. The van der Waals surface area contributed by atoms with E-state index in [-0.39, 0.29) is 0 Å². The Morgan fingerprint density at radius 1 is 1.58 bits per heavy atom. The van der Waals surface area contributed by atoms with E-state index in [9.17, 15) is 9.59 Å². The Balaban J connectivity index is 3.70. The number of hydrogen-bond donors (Lipinski definition) is 2. The van der Waals surface area contributed by atoms with Gasteiger partial charge in [-0.05, 0) is 0 Å². The molecule has 0 amide bonds. The van der Waals surface area contributed by atoms with E-state index in [0.717, 1.165) is 6.08 Å². The minimum absolute atomic E-state index is 0.454. The van der Waals surface area contributed by atoms with Gasteiger partial charge in [-0.2, -0.15) is 0 Å². The molecule has 5 heteroatoms. The van der Waals surface area contributed by atoms with Crippen molar-refractivity contribution in [3.63, 3.8) is 0 Å². The first kappa shape index (κ1) is 10.8. The summed E-state index contributed by atoms with van der Waals surface area (Å²) >= 11 is 0. The van der Waals surface area contributed by atoms with Crippen LogP contribution >= 0.6 is 0 Å². The molecule has 2 N–H and O–H groups in total. The van der Waals surface area contributed by atoms with Crippen LogP contribution in [0.25, 0.3) is 0 Å². The largest absolute Gasteiger partial charge is 0.459 e. The van der Waals surface area contributed by atoms with Crippen LogP contribution in [0.2, 0.25) is 0 Å². The van der Waals surface area contributed by atoms with Crippen molar-refractivity contribution >= 4 is 11.8 Å². The third kappa shape index (κ3) is 3.85. The molecule has 0 rings (SSSR count). The monoisotopic (exact) mass is 174 g/mol. The molecule has 12 heavy (non-hydrogen) atoms. The Bertz CT molecular complexity index is 186. The number of aliphatic hydroxyl groups excluding tert-OH is 2. The molecule has 1 unspecified atom stereocenters. The van der Waals surface area contributed by atoms with E-state index < -0.39 is 31.1 Å². The van der Waals surface area contributed by atoms with E-state index in [1.165, 1.54) is 0 Å². The summed E-state index contributed by atoms with van der Waals surface area (Å²) in [5, 5.41) is 17.1. The van der Waals surface area contributed by atoms with Crippen LogP contribution in [0.4, 0.5) is 0 Å². The molecule has 0 aliphatic carbocycles. The van der Waals surface area contributed by atoms with Crippen molar-refractivity contribution in [3.8, 4) is 0 Å². The minimum atomic E-state index is -1.46. The van der Waals surface area contributed by atoms with Gasteiger partial charge < -0.3 is 14.9 Å². The lowest BCUT2D eigenvalue weighted by Gasteiger charge is -2.06. The minimum Gasteiger partial charge on any atom is -0.459 e. The number of carbonyl (C=O) groups excluding carboxylic acids is 2. The number of carbonyl (C=O) groups is 2. The van der Waals surface area contributed by atoms with Gasteiger partial charge in [0.25, 0.3) is 0 Å². The van der Waals surface area contributed by atoms with Gasteiger partial charge in [-0.15, -0.1) is 0 Å². The first-order chi connectivity index (χ1) is 5.61. The highest BCUT2D eigenvalue weighted by atomic mass is 16.5. The maximum atomic E-state index is 10.5. The third-order valence-corrected chi connectivity index (χ3v) is 1.08. The van der Waals surface area contributed by atoms with Gasteiger partial charge in [-0.3, -0.25) is 4.79 Å². The van der Waals surface area contributed by atoms with Gasteiger partial charge in [0, 0.05) is 6.08 Å². The molecule has 0 saturated heterocycles. The van der Waals surface area contributed by atoms with Crippen molar-refractivity contribution in [1.29, 1.82) is 0 Å². The summed E-state index contributed by atoms with van der Waals surface area (Å²) in [6.07, 6.45) is -0.547. The summed E-state index contributed by atoms with van der Waals surface area (Å²) in [6.45, 7) is 1.89. The van der Waals surface area contributed by atoms with Crippen molar-refractivity contribution < 1.29 is 24.5 Å². The van der Waals surface area contributed by atoms with Gasteiger partial charge in [0.1, 0.15) is 19.3 Å². The summed E-state index contributed by atoms with van der Waals surface area (Å²) < 4.78 is 4.34. The highest BCUT2D eigenvalue weighted by molar-refractivity contribution is 5.85. The fraction of sp³-hybridized carbons (Fsp3) is 0.429. The Hall–Kier alpha value is -1.20. The fourth-order valence-corrected chi connectivity index (χ4v) is 0.418. The first-order valence-corrected chi connectivity index (χ1v) is 3.22. The third-order valence-electron chi connectivity index (χ3n) is 1.08. The molecule has 0 heterocycles. The molecule has 0 aromatic carbocycles. The van der Waals surface area contributed by atoms with E-state index in [2.05, 4.69) is 11.3 Å². The number of aliphatic hydroxyl groups is 2. The highest BCUT2D eigenvalue weighted by Gasteiger charge is 2.14. The number of ether oxygens (including phenoxy) is 1. The number of esters is 1. The van der Waals surface area contributed by atoms with Gasteiger partial charge in [-0.25, -0.2) is 4.79 Å². The van der Waals surface area contributed by atoms with E-state index >= 15 is 0 Å². The van der Waals surface area contributed by atoms with Crippen LogP contribution in [0.15, 0.2) is 12.7 Å². The number of rotatable bonds is 5. The molecule has 0 fully saturated rings. The quantitative estimate of drug-likeness (QED) is 0.397. The SMILES string of the molecule is C=CC(=O)OCC(O)C(=O)CO. The van der Waals surface area contributed by atoms with Gasteiger partial charge in [0.05, 0.1) is 0 Å². The Kier molecular flexibility index (Phi) is 4.91. The zero-order valence-electron chi connectivity index (χ0n) is 6.40. The summed E-state index contributed by atoms with van der Waals surface area (Å²) in [6, 6.07) is 0. The van der Waals surface area contributed by atoms with E-state index in [0.29, 0.717) is 0 Å². The lowest BCUT2D eigenvalue weighted by molar-refractivity contribution is -0.144. The van der Waals surface area contributed by atoms with Crippen LogP contribution in [0.3, 0.4) is 0 Å². The summed E-state index contributed by atoms with van der Waals surface area (Å²) in [5.41, 5.74) is 0. The average Bonchev–Trinajstić information content (AvgIpc) is 2.11. The van der Waals surface area contributed by atoms with Gasteiger partial charge in [0.15, 0.2) is 5.78 Å². The second-order valence-electron chi connectivity index (χ2n) is 1.97. The first-order valence-electron chi connectivity index (χ1n) is 3.22. The van der Waals surface area contributed by atoms with Crippen LogP contribution < -0.4 is 0 Å². The van der Waals surface area contributed by atoms with Crippen LogP contribution in [0.5, 0.6) is 0 Å². The van der Waals surface area contributed by atoms with Gasteiger partial charge in [-0.1, -0.05) is 6.58 Å². The van der Waals surface area contributed by atoms with Crippen molar-refractivity contribution in [3.05, 3.63) is 12.7 Å². The maximum Gasteiger partial charge on any atom is 0.330 e. The van der Waals surface area contributed by atoms with Crippen LogP contribution in [0, 0.1) is 0 Å². The topological polar surface area (TPSA) is 83.8 Å². The van der Waals surface area contributed by atoms with Gasteiger partial charge >= 0.3 is 5.97 Å². The molecule has 0 bridgehead atoms. The Labute approximate surface area is 69.3 Å². The zero-order valence-corrected chi connectivity index (χ0v) is 6.40. The number of hydrogen-bond acceptors (Lipinski definition) is 5. The maximum absolute atomic E-state index is 10.5. The van der Waals surface area contributed by atoms with Crippen LogP contribution in [-0.2, 0) is 14.3 Å². The van der Waals surface area contributed by atoms with E-state index in [1.54, 1.807) is 0 Å². The summed E-state index contributed by atoms with van der Waals surface area (Å²) in [7, 11) is 0. The molecule has 0 radical (unpaired) electrons. The smallest absolute Gasteiger partial charge is 0.330 e. The van der Waals surface area contributed by atoms with Crippen molar-refractivity contribution in [2.24, 2.45) is 0 Å². The van der Waals surface area contributed by atoms with Gasteiger partial charge in [0.2, 0.25) is 0 Å². The summed E-state index contributed by atoms with van der Waals surface area (Å²) in [5.74, 6) is -1.51. The van der Waals surface area contributed by atoms with E-state index in [4.69, 9.17) is 10.2 Å². The van der Waals surface area contributed by atoms with Crippen molar-refractivity contribution in [1.82, 2.24) is 0 Å². The van der Waals surface area contributed by atoms with Crippen LogP contribution in [-0.4, -0.2) is 41.3 Å². The lowest BCUT2D eigenvalue weighted by Crippen LogP contribution is -2.29. The second kappa shape index (κ2) is 5.45. The molecule has 0 spiro atoms. The predicted octanol–water partition coefficient (Wildman–Crippen LogP) is -1.36. The van der Waals surface area contributed by atoms with E-state index in [1.807, 2.05) is 0 Å². The molecule has 0 aromatic rings. The molecule has 0 aliphatic heterocycles. The van der Waals surface area contributed by atoms with Crippen molar-refractivity contribution in [2.45, 2.75) is 6.10 Å². The number of Topliss-reactive ketones (excluding diaryl/α,β-unsaturated/α-hetero) is 1. The predicted molar refractivity (Wildman–Crippen MR) is 39.3 cm³/mol.